The smallest absolute Gasteiger partial charge is 0.219 e. The van der Waals surface area contributed by atoms with Gasteiger partial charge in [0.05, 0.1) is 24.4 Å². The van der Waals surface area contributed by atoms with Crippen LogP contribution >= 0.6 is 0 Å². The quantitative estimate of drug-likeness (QED) is 0.493. The molecule has 0 spiro atoms. The first-order valence-electron chi connectivity index (χ1n) is 15.7. The van der Waals surface area contributed by atoms with E-state index in [0.717, 1.165) is 32.0 Å². The Kier molecular flexibility index (Phi) is 24.1. The molecule has 41 heavy (non-hydrogen) atoms. The van der Waals surface area contributed by atoms with Crippen LogP contribution in [-0.2, 0) is 23.7 Å². The van der Waals surface area contributed by atoms with Crippen molar-refractivity contribution in [3.05, 3.63) is 0 Å². The predicted octanol–water partition coefficient (Wildman–Crippen LogP) is 4.29. The van der Waals surface area contributed by atoms with E-state index in [1.807, 2.05) is 26.2 Å². The van der Waals surface area contributed by atoms with Crippen LogP contribution in [0.1, 0.15) is 85.5 Å². The summed E-state index contributed by atoms with van der Waals surface area (Å²) in [7, 11) is 11.4. The van der Waals surface area contributed by atoms with Gasteiger partial charge in [0.25, 0.3) is 0 Å². The Morgan fingerprint density at radius 1 is 0.659 bits per heavy atom. The van der Waals surface area contributed by atoms with E-state index >= 15 is 0 Å². The minimum atomic E-state index is 0. The number of rotatable bonds is 6. The third-order valence-corrected chi connectivity index (χ3v) is 8.95. The highest BCUT2D eigenvalue weighted by Crippen LogP contribution is 2.20. The fraction of sp³-hybridized carbons (Fsp3) is 0.969. The summed E-state index contributed by atoms with van der Waals surface area (Å²) in [5.41, 5.74) is 0. The topological polar surface area (TPSA) is 75.7 Å². The second-order valence-electron chi connectivity index (χ2n) is 11.5. The molecule has 1 amide bonds. The Balaban J connectivity index is 0.000000517. The zero-order chi connectivity index (χ0) is 29.8. The fourth-order valence-electron chi connectivity index (χ4n) is 5.68. The van der Waals surface area contributed by atoms with Gasteiger partial charge in [-0.1, -0.05) is 14.4 Å². The molecule has 9 nitrogen and oxygen atoms in total. The van der Waals surface area contributed by atoms with E-state index in [9.17, 15) is 4.79 Å². The zero-order valence-corrected chi connectivity index (χ0v) is 27.3. The number of piperidine rings is 3. The van der Waals surface area contributed by atoms with Gasteiger partial charge in [-0.2, -0.15) is 0 Å². The number of nitrogens with zero attached hydrogens (tertiary/aromatic N) is 3. The van der Waals surface area contributed by atoms with E-state index in [-0.39, 0.29) is 13.3 Å². The third-order valence-electron chi connectivity index (χ3n) is 8.95. The molecule has 1 N–H and O–H groups in total. The molecule has 246 valence electrons. The molecule has 0 atom stereocenters. The number of hydrogen-bond acceptors (Lipinski definition) is 8. The number of likely N-dealkylation sites (tertiary alicyclic amines) is 3. The molecule has 0 aromatic heterocycles. The fourth-order valence-corrected chi connectivity index (χ4v) is 5.68. The summed E-state index contributed by atoms with van der Waals surface area (Å²) in [6.07, 6.45) is 13.7. The van der Waals surface area contributed by atoms with Crippen LogP contribution in [0.15, 0.2) is 0 Å². The Morgan fingerprint density at radius 2 is 1.02 bits per heavy atom. The molecular formula is C32H68N4O5. The highest BCUT2D eigenvalue weighted by molar-refractivity contribution is 5.73. The van der Waals surface area contributed by atoms with Crippen LogP contribution in [0.2, 0.25) is 0 Å². The Bertz CT molecular complexity index is 549. The van der Waals surface area contributed by atoms with Gasteiger partial charge >= 0.3 is 0 Å². The van der Waals surface area contributed by atoms with Gasteiger partial charge in [-0.25, -0.2) is 0 Å². The number of nitrogens with one attached hydrogen (secondary N) is 1. The average Bonchev–Trinajstić information content (AvgIpc) is 3.02. The van der Waals surface area contributed by atoms with E-state index in [4.69, 9.17) is 18.9 Å². The monoisotopic (exact) mass is 589 g/mol. The van der Waals surface area contributed by atoms with Crippen LogP contribution in [0, 0.1) is 0 Å². The van der Waals surface area contributed by atoms with E-state index in [1.165, 1.54) is 84.1 Å². The lowest BCUT2D eigenvalue weighted by molar-refractivity contribution is -0.131. The van der Waals surface area contributed by atoms with Crippen molar-refractivity contribution in [3.8, 4) is 0 Å². The van der Waals surface area contributed by atoms with E-state index in [2.05, 4.69) is 29.1 Å². The molecule has 3 heterocycles. The first-order chi connectivity index (χ1) is 19.3. The molecule has 0 aromatic carbocycles. The summed E-state index contributed by atoms with van der Waals surface area (Å²) in [6.45, 7) is 11.6. The van der Waals surface area contributed by atoms with Gasteiger partial charge in [-0.3, -0.25) is 4.79 Å². The molecule has 0 radical (unpaired) electrons. The van der Waals surface area contributed by atoms with E-state index < -0.39 is 0 Å². The van der Waals surface area contributed by atoms with Crippen LogP contribution in [0.25, 0.3) is 0 Å². The molecule has 4 aliphatic rings. The van der Waals surface area contributed by atoms with Gasteiger partial charge < -0.3 is 39.0 Å². The van der Waals surface area contributed by atoms with Crippen LogP contribution < -0.4 is 5.32 Å². The number of amides is 1. The minimum absolute atomic E-state index is 0. The zero-order valence-electron chi connectivity index (χ0n) is 27.3. The van der Waals surface area contributed by atoms with E-state index in [0.29, 0.717) is 24.4 Å². The van der Waals surface area contributed by atoms with Crippen LogP contribution in [0.5, 0.6) is 0 Å². The first-order valence-corrected chi connectivity index (χ1v) is 15.7. The lowest BCUT2D eigenvalue weighted by Crippen LogP contribution is -2.39. The molecule has 3 saturated heterocycles. The Labute approximate surface area is 253 Å². The number of carbonyl (C=O) groups is 1. The number of ether oxygens (including phenoxy) is 4. The Hall–Kier alpha value is -0.810. The lowest BCUT2D eigenvalue weighted by Gasteiger charge is -2.30. The molecule has 4 rings (SSSR count). The van der Waals surface area contributed by atoms with Crippen molar-refractivity contribution in [2.45, 2.75) is 116 Å². The lowest BCUT2D eigenvalue weighted by atomic mass is 9.93. The summed E-state index contributed by atoms with van der Waals surface area (Å²) < 4.78 is 20.9. The maximum Gasteiger partial charge on any atom is 0.219 e. The maximum atomic E-state index is 10.9. The van der Waals surface area contributed by atoms with Crippen molar-refractivity contribution >= 4 is 5.91 Å². The minimum Gasteiger partial charge on any atom is -0.381 e. The molecule has 4 fully saturated rings. The normalized spacial score (nSPS) is 24.9. The largest absolute Gasteiger partial charge is 0.381 e. The Morgan fingerprint density at radius 3 is 1.37 bits per heavy atom. The van der Waals surface area contributed by atoms with E-state index in [1.54, 1.807) is 21.1 Å². The summed E-state index contributed by atoms with van der Waals surface area (Å²) in [4.78, 5) is 17.6. The highest BCUT2D eigenvalue weighted by Gasteiger charge is 2.20. The van der Waals surface area contributed by atoms with Gasteiger partial charge in [0.2, 0.25) is 5.91 Å². The summed E-state index contributed by atoms with van der Waals surface area (Å²) in [6, 6.07) is 0.742. The molecule has 1 saturated carbocycles. The summed E-state index contributed by atoms with van der Waals surface area (Å²) in [5, 5.41) is 3.29. The average molecular weight is 589 g/mol. The summed E-state index contributed by atoms with van der Waals surface area (Å²) in [5.74, 6) is 0.180. The molecule has 3 aliphatic heterocycles. The van der Waals surface area contributed by atoms with Crippen LogP contribution in [0.3, 0.4) is 0 Å². The summed E-state index contributed by atoms with van der Waals surface area (Å²) >= 11 is 0. The number of carbonyl (C=O) groups excluding carboxylic acids is 1. The second kappa shape index (κ2) is 24.6. The van der Waals surface area contributed by atoms with Crippen molar-refractivity contribution < 1.29 is 23.7 Å². The predicted molar refractivity (Wildman–Crippen MR) is 171 cm³/mol. The molecule has 9 heteroatoms. The molecule has 0 unspecified atom stereocenters. The van der Waals surface area contributed by atoms with Gasteiger partial charge in [0.1, 0.15) is 0 Å². The van der Waals surface area contributed by atoms with Gasteiger partial charge in [0, 0.05) is 80.7 Å². The molecule has 1 aliphatic carbocycles. The standard InChI is InChI=1S/C8H15NO2.2C8H17NO.C7H15NO.CH4/c1-7(10)9-5-3-8(11-2)4-6-9;1-9-7-3-5-8(10-2)6-4-7;1-3-9-6-4-8(10-2)5-7-9;1-8-5-3-7(9-2)4-6-8;/h8H,3-6H2,1-2H3;7-9H,3-6H2,1-2H3;8H,3-7H2,1-2H3;7H,3-6H2,1-2H3;1H4. The van der Waals surface area contributed by atoms with Crippen molar-refractivity contribution in [3.63, 3.8) is 0 Å². The van der Waals surface area contributed by atoms with Crippen molar-refractivity contribution in [1.82, 2.24) is 20.0 Å². The van der Waals surface area contributed by atoms with Gasteiger partial charge in [-0.15, -0.1) is 0 Å². The number of hydrogen-bond donors (Lipinski definition) is 1. The molecule has 0 bridgehead atoms. The molecular weight excluding hydrogens is 520 g/mol. The van der Waals surface area contributed by atoms with Gasteiger partial charge in [-0.05, 0) is 84.8 Å². The van der Waals surface area contributed by atoms with Crippen LogP contribution in [0.4, 0.5) is 0 Å². The van der Waals surface area contributed by atoms with Crippen molar-refractivity contribution in [2.24, 2.45) is 0 Å². The van der Waals surface area contributed by atoms with Gasteiger partial charge in [0.15, 0.2) is 0 Å². The van der Waals surface area contributed by atoms with Crippen molar-refractivity contribution in [1.29, 1.82) is 0 Å². The highest BCUT2D eigenvalue weighted by atomic mass is 16.5. The molecule has 0 aromatic rings. The third kappa shape index (κ3) is 17.8. The second-order valence-corrected chi connectivity index (χ2v) is 11.5. The SMILES string of the molecule is C.CCN1CCC(OC)CC1.CNC1CCC(OC)CC1.COC1CCN(C(C)=O)CC1.COC1CCN(C)CC1. The van der Waals surface area contributed by atoms with Crippen LogP contribution in [-0.4, -0.2) is 139 Å². The van der Waals surface area contributed by atoms with Crippen molar-refractivity contribution in [2.75, 3.05) is 88.3 Å². The maximum absolute atomic E-state index is 10.9. The number of methoxy groups -OCH3 is 4. The first kappa shape index (κ1) is 40.2.